The molecule has 0 aliphatic heterocycles. The Hall–Kier alpha value is -3.59. The third-order valence-corrected chi connectivity index (χ3v) is 4.24. The molecule has 0 aliphatic carbocycles. The van der Waals surface area contributed by atoms with Gasteiger partial charge < -0.3 is 9.15 Å². The minimum absolute atomic E-state index is 0.384. The Morgan fingerprint density at radius 2 is 1.11 bits per heavy atom. The third-order valence-electron chi connectivity index (χ3n) is 4.24. The zero-order valence-corrected chi connectivity index (χ0v) is 14.9. The van der Waals surface area contributed by atoms with Gasteiger partial charge in [0.25, 0.3) is 0 Å². The smallest absolute Gasteiger partial charge is 0.308 e. The van der Waals surface area contributed by atoms with E-state index in [-0.39, 0.29) is 5.97 Å². The van der Waals surface area contributed by atoms with Gasteiger partial charge in [-0.05, 0) is 5.56 Å². The molecule has 132 valence electrons. The molecule has 3 aromatic carbocycles. The van der Waals surface area contributed by atoms with Crippen molar-refractivity contribution in [3.63, 3.8) is 0 Å². The van der Waals surface area contributed by atoms with Crippen LogP contribution in [0, 0.1) is 0 Å². The lowest BCUT2D eigenvalue weighted by molar-refractivity contribution is -0.131. The summed E-state index contributed by atoms with van der Waals surface area (Å²) >= 11 is 0. The topological polar surface area (TPSA) is 39.4 Å². The predicted octanol–water partition coefficient (Wildman–Crippen LogP) is 6.21. The maximum absolute atomic E-state index is 11.9. The zero-order chi connectivity index (χ0) is 18.6. The first kappa shape index (κ1) is 16.9. The molecule has 27 heavy (non-hydrogen) atoms. The van der Waals surface area contributed by atoms with Gasteiger partial charge in [-0.1, -0.05) is 91.0 Å². The van der Waals surface area contributed by atoms with Gasteiger partial charge in [-0.2, -0.15) is 0 Å². The summed E-state index contributed by atoms with van der Waals surface area (Å²) < 4.78 is 12.0. The molecule has 0 bridgehead atoms. The predicted molar refractivity (Wildman–Crippen MR) is 106 cm³/mol. The summed E-state index contributed by atoms with van der Waals surface area (Å²) in [6.07, 6.45) is 0. The maximum Gasteiger partial charge on any atom is 0.308 e. The second-order valence-electron chi connectivity index (χ2n) is 6.16. The average molecular weight is 354 g/mol. The molecule has 0 N–H and O–H groups in total. The van der Waals surface area contributed by atoms with Crippen LogP contribution < -0.4 is 4.74 Å². The highest BCUT2D eigenvalue weighted by Gasteiger charge is 2.26. The number of hydrogen-bond donors (Lipinski definition) is 0. The molecule has 4 aromatic rings. The van der Waals surface area contributed by atoms with E-state index in [1.165, 1.54) is 6.92 Å². The van der Waals surface area contributed by atoms with Gasteiger partial charge in [0.05, 0.1) is 5.56 Å². The fourth-order valence-corrected chi connectivity index (χ4v) is 3.10. The van der Waals surface area contributed by atoms with Crippen molar-refractivity contribution in [3.8, 4) is 39.5 Å². The Morgan fingerprint density at radius 3 is 1.59 bits per heavy atom. The lowest BCUT2D eigenvalue weighted by atomic mass is 10.00. The minimum Gasteiger partial charge on any atom is -0.451 e. The Bertz CT molecular complexity index is 1050. The number of benzene rings is 3. The maximum atomic E-state index is 11.9. The number of ether oxygens (including phenoxy) is 1. The summed E-state index contributed by atoms with van der Waals surface area (Å²) in [4.78, 5) is 11.9. The van der Waals surface area contributed by atoms with E-state index in [2.05, 4.69) is 0 Å². The van der Waals surface area contributed by atoms with E-state index in [9.17, 15) is 4.79 Å². The molecular weight excluding hydrogens is 336 g/mol. The summed E-state index contributed by atoms with van der Waals surface area (Å²) in [5.74, 6) is 1.28. The first-order valence-electron chi connectivity index (χ1n) is 8.75. The molecule has 1 aromatic heterocycles. The molecule has 0 unspecified atom stereocenters. The summed E-state index contributed by atoms with van der Waals surface area (Å²) in [7, 11) is 0. The van der Waals surface area contributed by atoms with Crippen molar-refractivity contribution in [1.29, 1.82) is 0 Å². The lowest BCUT2D eigenvalue weighted by Crippen LogP contribution is -2.02. The summed E-state index contributed by atoms with van der Waals surface area (Å²) in [5, 5.41) is 0. The van der Waals surface area contributed by atoms with Crippen LogP contribution in [0.5, 0.6) is 5.75 Å². The SMILES string of the molecule is CC(=O)Oc1c(-c2ccccc2)oc(-c2ccccc2)c1-c1ccccc1. The van der Waals surface area contributed by atoms with Gasteiger partial charge in [0.2, 0.25) is 0 Å². The van der Waals surface area contributed by atoms with E-state index in [4.69, 9.17) is 9.15 Å². The lowest BCUT2D eigenvalue weighted by Gasteiger charge is -2.07. The number of furan rings is 1. The Labute approximate surface area is 157 Å². The van der Waals surface area contributed by atoms with Gasteiger partial charge in [-0.15, -0.1) is 0 Å². The van der Waals surface area contributed by atoms with Crippen LogP contribution in [0.2, 0.25) is 0 Å². The Morgan fingerprint density at radius 1 is 0.667 bits per heavy atom. The molecular formula is C24H18O3. The van der Waals surface area contributed by atoms with E-state index in [0.29, 0.717) is 17.3 Å². The van der Waals surface area contributed by atoms with Crippen molar-refractivity contribution in [2.24, 2.45) is 0 Å². The molecule has 3 nitrogen and oxygen atoms in total. The van der Waals surface area contributed by atoms with Gasteiger partial charge in [-0.25, -0.2) is 0 Å². The second-order valence-corrected chi connectivity index (χ2v) is 6.16. The monoisotopic (exact) mass is 354 g/mol. The average Bonchev–Trinajstić information content (AvgIpc) is 3.08. The Balaban J connectivity index is 2.04. The summed E-state index contributed by atoms with van der Waals surface area (Å²) in [6, 6.07) is 29.4. The number of hydrogen-bond acceptors (Lipinski definition) is 3. The van der Waals surface area contributed by atoms with Crippen molar-refractivity contribution in [1.82, 2.24) is 0 Å². The van der Waals surface area contributed by atoms with Crippen LogP contribution in [-0.4, -0.2) is 5.97 Å². The van der Waals surface area contributed by atoms with Crippen LogP contribution in [0.15, 0.2) is 95.4 Å². The van der Waals surface area contributed by atoms with Crippen molar-refractivity contribution in [2.45, 2.75) is 6.92 Å². The first-order chi connectivity index (χ1) is 13.2. The van der Waals surface area contributed by atoms with Crippen molar-refractivity contribution < 1.29 is 13.9 Å². The Kier molecular flexibility index (Phi) is 4.58. The number of carbonyl (C=O) groups is 1. The highest BCUT2D eigenvalue weighted by Crippen LogP contribution is 2.48. The molecule has 0 radical (unpaired) electrons. The van der Waals surface area contributed by atoms with E-state index in [1.807, 2.05) is 91.0 Å². The molecule has 1 heterocycles. The fourth-order valence-electron chi connectivity index (χ4n) is 3.10. The van der Waals surface area contributed by atoms with E-state index < -0.39 is 0 Å². The van der Waals surface area contributed by atoms with E-state index >= 15 is 0 Å². The van der Waals surface area contributed by atoms with E-state index in [1.54, 1.807) is 0 Å². The summed E-state index contributed by atoms with van der Waals surface area (Å²) in [6.45, 7) is 1.40. The second kappa shape index (κ2) is 7.34. The molecule has 3 heteroatoms. The molecule has 4 rings (SSSR count). The highest BCUT2D eigenvalue weighted by molar-refractivity contribution is 5.92. The highest BCUT2D eigenvalue weighted by atomic mass is 16.5. The van der Waals surface area contributed by atoms with Crippen LogP contribution in [-0.2, 0) is 4.79 Å². The first-order valence-corrected chi connectivity index (χ1v) is 8.75. The molecule has 0 atom stereocenters. The molecule has 0 aliphatic rings. The van der Waals surface area contributed by atoms with Gasteiger partial charge >= 0.3 is 5.97 Å². The third kappa shape index (κ3) is 3.40. The molecule has 0 fully saturated rings. The standard InChI is InChI=1S/C24H18O3/c1-17(25)26-24-21(18-11-5-2-6-12-18)22(19-13-7-3-8-14-19)27-23(24)20-15-9-4-10-16-20/h2-16H,1H3. The van der Waals surface area contributed by atoms with E-state index in [0.717, 1.165) is 22.3 Å². The molecule has 0 saturated carbocycles. The van der Waals surface area contributed by atoms with Crippen molar-refractivity contribution >= 4 is 5.97 Å². The van der Waals surface area contributed by atoms with Gasteiger partial charge in [-0.3, -0.25) is 4.79 Å². The fraction of sp³-hybridized carbons (Fsp3) is 0.0417. The van der Waals surface area contributed by atoms with Crippen LogP contribution in [0.25, 0.3) is 33.8 Å². The van der Waals surface area contributed by atoms with Crippen LogP contribution >= 0.6 is 0 Å². The number of esters is 1. The molecule has 0 saturated heterocycles. The van der Waals surface area contributed by atoms with Crippen molar-refractivity contribution in [2.75, 3.05) is 0 Å². The zero-order valence-electron chi connectivity index (χ0n) is 14.9. The molecule has 0 amide bonds. The normalized spacial score (nSPS) is 10.6. The largest absolute Gasteiger partial charge is 0.451 e. The van der Waals surface area contributed by atoms with Crippen LogP contribution in [0.4, 0.5) is 0 Å². The van der Waals surface area contributed by atoms with Crippen molar-refractivity contribution in [3.05, 3.63) is 91.0 Å². The van der Waals surface area contributed by atoms with Crippen LogP contribution in [0.1, 0.15) is 6.92 Å². The number of carbonyl (C=O) groups excluding carboxylic acids is 1. The quantitative estimate of drug-likeness (QED) is 0.409. The van der Waals surface area contributed by atoms with Gasteiger partial charge in [0, 0.05) is 18.1 Å². The summed E-state index contributed by atoms with van der Waals surface area (Å²) in [5.41, 5.74) is 3.48. The minimum atomic E-state index is -0.384. The van der Waals surface area contributed by atoms with Gasteiger partial charge in [0.1, 0.15) is 5.76 Å². The van der Waals surface area contributed by atoms with Crippen LogP contribution in [0.3, 0.4) is 0 Å². The molecule has 0 spiro atoms. The van der Waals surface area contributed by atoms with Gasteiger partial charge in [0.15, 0.2) is 11.5 Å². The number of rotatable bonds is 4.